The van der Waals surface area contributed by atoms with Gasteiger partial charge in [-0.3, -0.25) is 0 Å². The van der Waals surface area contributed by atoms with Crippen molar-refractivity contribution in [2.45, 2.75) is 20.3 Å². The molecule has 0 aliphatic heterocycles. The smallest absolute Gasteiger partial charge is 0.232 e. The molecule has 0 bridgehead atoms. The number of aromatic nitrogens is 2. The molecule has 1 N–H and O–H groups in total. The molecule has 0 unspecified atom stereocenters. The number of nitrogens with one attached hydrogen (secondary N) is 1. The van der Waals surface area contributed by atoms with Crippen LogP contribution >= 0.6 is 11.3 Å². The summed E-state index contributed by atoms with van der Waals surface area (Å²) in [5.74, 6) is 2.00. The Bertz CT molecular complexity index is 740. The number of benzene rings is 1. The zero-order valence-electron chi connectivity index (χ0n) is 12.1. The van der Waals surface area contributed by atoms with E-state index in [1.807, 2.05) is 37.3 Å². The van der Waals surface area contributed by atoms with Gasteiger partial charge in [0.1, 0.15) is 10.6 Å². The number of anilines is 1. The lowest BCUT2D eigenvalue weighted by molar-refractivity contribution is 0.469. The van der Waals surface area contributed by atoms with Gasteiger partial charge in [-0.25, -0.2) is 4.98 Å². The molecule has 0 saturated heterocycles. The number of ether oxygens (including phenoxy) is 1. The molecule has 0 fully saturated rings. The SMILES string of the molecule is CCNc1nc(Oc2ccccc2)c2cc(CC)sc2n1. The van der Waals surface area contributed by atoms with Crippen molar-refractivity contribution in [1.82, 2.24) is 9.97 Å². The van der Waals surface area contributed by atoms with Crippen molar-refractivity contribution in [1.29, 1.82) is 0 Å². The van der Waals surface area contributed by atoms with Crippen molar-refractivity contribution in [2.24, 2.45) is 0 Å². The maximum Gasteiger partial charge on any atom is 0.232 e. The minimum absolute atomic E-state index is 0.609. The zero-order chi connectivity index (χ0) is 14.7. The van der Waals surface area contributed by atoms with Crippen LogP contribution in [0.2, 0.25) is 0 Å². The van der Waals surface area contributed by atoms with E-state index in [0.29, 0.717) is 11.8 Å². The van der Waals surface area contributed by atoms with Gasteiger partial charge in [-0.1, -0.05) is 25.1 Å². The van der Waals surface area contributed by atoms with E-state index in [9.17, 15) is 0 Å². The van der Waals surface area contributed by atoms with Crippen LogP contribution in [0, 0.1) is 0 Å². The summed E-state index contributed by atoms with van der Waals surface area (Å²) in [4.78, 5) is 11.3. The monoisotopic (exact) mass is 299 g/mol. The van der Waals surface area contributed by atoms with Crippen LogP contribution < -0.4 is 10.1 Å². The second kappa shape index (κ2) is 6.10. The van der Waals surface area contributed by atoms with E-state index in [1.165, 1.54) is 4.88 Å². The number of aryl methyl sites for hydroxylation is 1. The summed E-state index contributed by atoms with van der Waals surface area (Å²) in [6, 6.07) is 11.8. The first-order valence-electron chi connectivity index (χ1n) is 7.07. The minimum atomic E-state index is 0.609. The normalized spacial score (nSPS) is 10.8. The molecule has 1 aromatic carbocycles. The fourth-order valence-electron chi connectivity index (χ4n) is 2.03. The first-order valence-corrected chi connectivity index (χ1v) is 7.89. The number of hydrogen-bond donors (Lipinski definition) is 1. The molecule has 0 spiro atoms. The van der Waals surface area contributed by atoms with Crippen LogP contribution in [0.3, 0.4) is 0 Å². The van der Waals surface area contributed by atoms with Crippen molar-refractivity contribution in [3.05, 3.63) is 41.3 Å². The molecule has 2 aromatic heterocycles. The Kier molecular flexibility index (Phi) is 4.01. The number of fused-ring (bicyclic) bond motifs is 1. The molecule has 108 valence electrons. The van der Waals surface area contributed by atoms with Crippen molar-refractivity contribution >= 4 is 27.5 Å². The van der Waals surface area contributed by atoms with Crippen LogP contribution in [0.4, 0.5) is 5.95 Å². The number of thiophene rings is 1. The fraction of sp³-hybridized carbons (Fsp3) is 0.250. The van der Waals surface area contributed by atoms with Crippen LogP contribution in [0.25, 0.3) is 10.2 Å². The molecule has 0 radical (unpaired) electrons. The van der Waals surface area contributed by atoms with Gasteiger partial charge in [0, 0.05) is 11.4 Å². The number of rotatable bonds is 5. The highest BCUT2D eigenvalue weighted by molar-refractivity contribution is 7.18. The summed E-state index contributed by atoms with van der Waals surface area (Å²) in [5.41, 5.74) is 0. The molecule has 0 atom stereocenters. The van der Waals surface area contributed by atoms with Crippen LogP contribution in [-0.2, 0) is 6.42 Å². The third-order valence-corrected chi connectivity index (χ3v) is 4.22. The molecule has 21 heavy (non-hydrogen) atoms. The maximum absolute atomic E-state index is 5.95. The maximum atomic E-state index is 5.95. The van der Waals surface area contributed by atoms with Crippen molar-refractivity contribution in [3.63, 3.8) is 0 Å². The molecule has 0 aliphatic rings. The Morgan fingerprint density at radius 3 is 2.67 bits per heavy atom. The molecular formula is C16H17N3OS. The van der Waals surface area contributed by atoms with E-state index >= 15 is 0 Å². The average Bonchev–Trinajstić information content (AvgIpc) is 2.92. The lowest BCUT2D eigenvalue weighted by Crippen LogP contribution is -2.02. The highest BCUT2D eigenvalue weighted by Crippen LogP contribution is 2.34. The molecule has 3 aromatic rings. The second-order valence-electron chi connectivity index (χ2n) is 4.58. The van der Waals surface area contributed by atoms with Gasteiger partial charge in [-0.05, 0) is 31.5 Å². The van der Waals surface area contributed by atoms with Crippen LogP contribution in [0.5, 0.6) is 11.6 Å². The first kappa shape index (κ1) is 13.8. The zero-order valence-corrected chi connectivity index (χ0v) is 12.9. The predicted molar refractivity (Wildman–Crippen MR) is 87.5 cm³/mol. The molecule has 4 nitrogen and oxygen atoms in total. The number of hydrogen-bond acceptors (Lipinski definition) is 5. The molecule has 0 saturated carbocycles. The highest BCUT2D eigenvalue weighted by Gasteiger charge is 2.13. The average molecular weight is 299 g/mol. The van der Waals surface area contributed by atoms with E-state index in [4.69, 9.17) is 4.74 Å². The summed E-state index contributed by atoms with van der Waals surface area (Å²) in [6.45, 7) is 4.94. The van der Waals surface area contributed by atoms with Gasteiger partial charge >= 0.3 is 0 Å². The summed E-state index contributed by atoms with van der Waals surface area (Å²) >= 11 is 1.69. The Hall–Kier alpha value is -2.14. The molecule has 5 heteroatoms. The third-order valence-electron chi connectivity index (χ3n) is 3.05. The third kappa shape index (κ3) is 2.97. The van der Waals surface area contributed by atoms with E-state index < -0.39 is 0 Å². The van der Waals surface area contributed by atoms with E-state index in [0.717, 1.165) is 28.9 Å². The quantitative estimate of drug-likeness (QED) is 0.754. The van der Waals surface area contributed by atoms with Crippen LogP contribution in [0.15, 0.2) is 36.4 Å². The minimum Gasteiger partial charge on any atom is -0.438 e. The molecular weight excluding hydrogens is 282 g/mol. The van der Waals surface area contributed by atoms with E-state index in [-0.39, 0.29) is 0 Å². The largest absolute Gasteiger partial charge is 0.438 e. The lowest BCUT2D eigenvalue weighted by Gasteiger charge is -2.08. The van der Waals surface area contributed by atoms with Crippen LogP contribution in [0.1, 0.15) is 18.7 Å². The Morgan fingerprint density at radius 1 is 1.14 bits per heavy atom. The summed E-state index contributed by atoms with van der Waals surface area (Å²) in [5, 5.41) is 4.13. The standard InChI is InChI=1S/C16H17N3OS/c1-3-12-10-13-14(20-11-8-6-5-7-9-11)18-16(17-4-2)19-15(13)21-12/h5-10H,3-4H2,1-2H3,(H,17,18,19). The Balaban J connectivity index is 2.07. The molecule has 2 heterocycles. The van der Waals surface area contributed by atoms with E-state index in [1.54, 1.807) is 11.3 Å². The van der Waals surface area contributed by atoms with Crippen molar-refractivity contribution in [3.8, 4) is 11.6 Å². The van der Waals surface area contributed by atoms with Gasteiger partial charge in [0.05, 0.1) is 5.39 Å². The number of nitrogens with zero attached hydrogens (tertiary/aromatic N) is 2. The van der Waals surface area contributed by atoms with Gasteiger partial charge < -0.3 is 10.1 Å². The lowest BCUT2D eigenvalue weighted by atomic mass is 10.3. The summed E-state index contributed by atoms with van der Waals surface area (Å²) < 4.78 is 5.95. The van der Waals surface area contributed by atoms with Crippen molar-refractivity contribution in [2.75, 3.05) is 11.9 Å². The topological polar surface area (TPSA) is 47.0 Å². The molecule has 0 amide bonds. The fourth-order valence-corrected chi connectivity index (χ4v) is 2.99. The molecule has 0 aliphatic carbocycles. The summed E-state index contributed by atoms with van der Waals surface area (Å²) in [7, 11) is 0. The molecule has 3 rings (SSSR count). The first-order chi connectivity index (χ1) is 10.3. The number of para-hydroxylation sites is 1. The van der Waals surface area contributed by atoms with Gasteiger partial charge in [0.25, 0.3) is 0 Å². The van der Waals surface area contributed by atoms with Gasteiger partial charge in [0.15, 0.2) is 0 Å². The Labute approximate surface area is 127 Å². The van der Waals surface area contributed by atoms with Crippen LogP contribution in [-0.4, -0.2) is 16.5 Å². The summed E-state index contributed by atoms with van der Waals surface area (Å²) in [6.07, 6.45) is 0.988. The van der Waals surface area contributed by atoms with Gasteiger partial charge in [-0.15, -0.1) is 11.3 Å². The highest BCUT2D eigenvalue weighted by atomic mass is 32.1. The Morgan fingerprint density at radius 2 is 1.95 bits per heavy atom. The van der Waals surface area contributed by atoms with Gasteiger partial charge in [0.2, 0.25) is 11.8 Å². The van der Waals surface area contributed by atoms with Crippen molar-refractivity contribution < 1.29 is 4.74 Å². The van der Waals surface area contributed by atoms with Gasteiger partial charge in [-0.2, -0.15) is 4.98 Å². The predicted octanol–water partition coefficient (Wildman–Crippen LogP) is 4.48. The van der Waals surface area contributed by atoms with E-state index in [2.05, 4.69) is 28.3 Å². The second-order valence-corrected chi connectivity index (χ2v) is 5.70.